The molecule has 0 aliphatic carbocycles. The number of azo groups is 1. The Morgan fingerprint density at radius 3 is 2.45 bits per heavy atom. The molecule has 222 valence electrons. The number of hydrogen-bond donors (Lipinski definition) is 4. The zero-order valence-electron chi connectivity index (χ0n) is 23.6. The average molecular weight is 595 g/mol. The number of carbonyl (C=O) groups excluding carboxylic acids is 1. The van der Waals surface area contributed by atoms with Gasteiger partial charge in [-0.2, -0.15) is 10.5 Å². The summed E-state index contributed by atoms with van der Waals surface area (Å²) in [5, 5.41) is 22.7. The summed E-state index contributed by atoms with van der Waals surface area (Å²) in [6.07, 6.45) is 6.50. The monoisotopic (exact) mass is 594 g/mol. The molecule has 13 heteroatoms. The van der Waals surface area contributed by atoms with Gasteiger partial charge in [0, 0.05) is 43.5 Å². The Balaban J connectivity index is 1.27. The molecule has 2 heterocycles. The van der Waals surface area contributed by atoms with Crippen molar-refractivity contribution in [3.63, 3.8) is 0 Å². The number of hydrogen-bond acceptors (Lipinski definition) is 9. The molecule has 2 aromatic carbocycles. The number of hydrazine groups is 1. The van der Waals surface area contributed by atoms with Gasteiger partial charge in [0.1, 0.15) is 0 Å². The second-order valence-corrected chi connectivity index (χ2v) is 11.4. The molecule has 42 heavy (non-hydrogen) atoms. The van der Waals surface area contributed by atoms with Crippen molar-refractivity contribution in [3.05, 3.63) is 96.6 Å². The largest absolute Gasteiger partial charge is 0.494 e. The predicted octanol–water partition coefficient (Wildman–Crippen LogP) is 3.20. The third kappa shape index (κ3) is 7.69. The number of benzene rings is 2. The van der Waals surface area contributed by atoms with Gasteiger partial charge in [0.25, 0.3) is 11.6 Å². The van der Waals surface area contributed by atoms with E-state index in [0.29, 0.717) is 30.9 Å². The maximum atomic E-state index is 12.7. The molecule has 1 atom stereocenters. The minimum absolute atomic E-state index is 0.0953. The molecule has 12 nitrogen and oxygen atoms in total. The van der Waals surface area contributed by atoms with Crippen molar-refractivity contribution < 1.29 is 27.9 Å². The summed E-state index contributed by atoms with van der Waals surface area (Å²) in [6.45, 7) is 2.89. The SMILES string of the molecule is CNC(=O)C1(N=Nc2ccc(S(=O)(=O)NCCCCCCO[n+]3ccccc3C)cc2)C=C(O)N(c2ccccc2)N1. The van der Waals surface area contributed by atoms with Crippen LogP contribution in [0.3, 0.4) is 0 Å². The molecule has 1 aliphatic heterocycles. The highest BCUT2D eigenvalue weighted by Gasteiger charge is 2.45. The van der Waals surface area contributed by atoms with Crippen molar-refractivity contribution in [2.24, 2.45) is 10.2 Å². The van der Waals surface area contributed by atoms with E-state index in [0.717, 1.165) is 25.0 Å². The van der Waals surface area contributed by atoms with Crippen molar-refractivity contribution >= 4 is 27.3 Å². The Morgan fingerprint density at radius 2 is 1.74 bits per heavy atom. The van der Waals surface area contributed by atoms with Crippen LogP contribution in [0.4, 0.5) is 11.4 Å². The van der Waals surface area contributed by atoms with Crippen LogP contribution in [-0.4, -0.2) is 45.3 Å². The molecule has 1 aromatic heterocycles. The van der Waals surface area contributed by atoms with Crippen LogP contribution in [0.1, 0.15) is 31.4 Å². The number of amides is 1. The number of aliphatic hydroxyl groups is 1. The van der Waals surface area contributed by atoms with Gasteiger partial charge in [-0.25, -0.2) is 18.1 Å². The van der Waals surface area contributed by atoms with Crippen molar-refractivity contribution in [1.29, 1.82) is 0 Å². The molecule has 1 aliphatic rings. The highest BCUT2D eigenvalue weighted by molar-refractivity contribution is 7.89. The predicted molar refractivity (Wildman–Crippen MR) is 157 cm³/mol. The molecule has 3 aromatic rings. The fraction of sp³-hybridized carbons (Fsp3) is 0.310. The normalized spacial score (nSPS) is 16.9. The van der Waals surface area contributed by atoms with Gasteiger partial charge in [-0.3, -0.25) is 9.63 Å². The molecule has 0 radical (unpaired) electrons. The number of aromatic nitrogens is 1. The first-order valence-corrected chi connectivity index (χ1v) is 15.1. The van der Waals surface area contributed by atoms with E-state index >= 15 is 0 Å². The first-order chi connectivity index (χ1) is 20.2. The zero-order valence-corrected chi connectivity index (χ0v) is 24.4. The van der Waals surface area contributed by atoms with Crippen molar-refractivity contribution in [1.82, 2.24) is 15.5 Å². The lowest BCUT2D eigenvalue weighted by Gasteiger charge is -2.25. The second kappa shape index (κ2) is 14.0. The van der Waals surface area contributed by atoms with Crippen LogP contribution < -0.4 is 30.0 Å². The number of nitrogens with one attached hydrogen (secondary N) is 3. The van der Waals surface area contributed by atoms with Gasteiger partial charge in [-0.15, -0.1) is 5.11 Å². The lowest BCUT2D eigenvalue weighted by atomic mass is 10.2. The van der Waals surface area contributed by atoms with Gasteiger partial charge in [-0.1, -0.05) is 24.6 Å². The summed E-state index contributed by atoms with van der Waals surface area (Å²) in [5.41, 5.74) is 3.13. The van der Waals surface area contributed by atoms with Crippen molar-refractivity contribution in [2.75, 3.05) is 25.2 Å². The van der Waals surface area contributed by atoms with Gasteiger partial charge < -0.3 is 10.4 Å². The van der Waals surface area contributed by atoms with Crippen molar-refractivity contribution in [2.45, 2.75) is 43.2 Å². The van der Waals surface area contributed by atoms with E-state index in [1.807, 2.05) is 37.4 Å². The Morgan fingerprint density at radius 1 is 1.02 bits per heavy atom. The highest BCUT2D eigenvalue weighted by atomic mass is 32.2. The van der Waals surface area contributed by atoms with Crippen LogP contribution in [0.25, 0.3) is 0 Å². The van der Waals surface area contributed by atoms with Crippen LogP contribution >= 0.6 is 0 Å². The van der Waals surface area contributed by atoms with Gasteiger partial charge >= 0.3 is 0 Å². The maximum Gasteiger partial charge on any atom is 0.270 e. The number of sulfonamides is 1. The van der Waals surface area contributed by atoms with Crippen LogP contribution in [0.2, 0.25) is 0 Å². The first kappa shape index (κ1) is 30.6. The number of aliphatic hydroxyl groups excluding tert-OH is 1. The van der Waals surface area contributed by atoms with Crippen LogP contribution in [0, 0.1) is 6.92 Å². The smallest absolute Gasteiger partial charge is 0.270 e. The van der Waals surface area contributed by atoms with E-state index in [4.69, 9.17) is 4.84 Å². The summed E-state index contributed by atoms with van der Waals surface area (Å²) < 4.78 is 29.8. The molecule has 1 unspecified atom stereocenters. The van der Waals surface area contributed by atoms with Gasteiger partial charge in [0.2, 0.25) is 27.8 Å². The third-order valence-electron chi connectivity index (χ3n) is 6.52. The quantitative estimate of drug-likeness (QED) is 0.127. The minimum Gasteiger partial charge on any atom is -0.494 e. The summed E-state index contributed by atoms with van der Waals surface area (Å²) in [5.74, 6) is -0.761. The fourth-order valence-corrected chi connectivity index (χ4v) is 5.28. The van der Waals surface area contributed by atoms with E-state index in [9.17, 15) is 18.3 Å². The van der Waals surface area contributed by atoms with Crippen LogP contribution in [0.15, 0.2) is 106 Å². The minimum atomic E-state index is -3.70. The van der Waals surface area contributed by atoms with Gasteiger partial charge in [0.15, 0.2) is 6.61 Å². The Kier molecular flexibility index (Phi) is 10.2. The Bertz CT molecular complexity index is 1510. The number of nitrogens with zero attached hydrogens (tertiary/aromatic N) is 4. The average Bonchev–Trinajstić information content (AvgIpc) is 3.35. The molecule has 1 amide bonds. The summed E-state index contributed by atoms with van der Waals surface area (Å²) in [6, 6.07) is 20.6. The topological polar surface area (TPSA) is 149 Å². The van der Waals surface area contributed by atoms with E-state index in [-0.39, 0.29) is 10.8 Å². The fourth-order valence-electron chi connectivity index (χ4n) is 4.21. The maximum absolute atomic E-state index is 12.7. The molecule has 0 bridgehead atoms. The number of rotatable bonds is 14. The summed E-state index contributed by atoms with van der Waals surface area (Å²) >= 11 is 0. The standard InChI is InChI=1S/C29H35N7O5S/c1-23-12-8-10-20-35(23)41-21-11-4-3-9-19-31-42(39,40)26-17-15-24(16-18-26)32-33-29(28(38)30-2)22-27(37)36(34-29)25-13-6-5-7-14-25/h5-8,10,12-18,20,22,31,34H,3-4,9,11,19,21H2,1-2H3,(H-,30,37,38)/p+1. The molecule has 0 saturated heterocycles. The summed E-state index contributed by atoms with van der Waals surface area (Å²) in [7, 11) is -2.25. The molecule has 0 saturated carbocycles. The van der Waals surface area contributed by atoms with Crippen molar-refractivity contribution in [3.8, 4) is 0 Å². The van der Waals surface area contributed by atoms with Gasteiger partial charge in [0.05, 0.1) is 16.3 Å². The molecular formula is C29H36N7O5S+. The lowest BCUT2D eigenvalue weighted by Crippen LogP contribution is -2.55. The number of para-hydroxylation sites is 1. The number of pyridine rings is 1. The molecule has 4 rings (SSSR count). The van der Waals surface area contributed by atoms with E-state index < -0.39 is 21.6 Å². The highest BCUT2D eigenvalue weighted by Crippen LogP contribution is 2.28. The number of aryl methyl sites for hydroxylation is 1. The van der Waals surface area contributed by atoms with E-state index in [1.165, 1.54) is 42.4 Å². The number of unbranched alkanes of at least 4 members (excludes halogenated alkanes) is 3. The Hall–Kier alpha value is -4.33. The number of carbonyl (C=O) groups is 1. The van der Waals surface area contributed by atoms with Crippen LogP contribution in [0.5, 0.6) is 0 Å². The third-order valence-corrected chi connectivity index (χ3v) is 8.00. The first-order valence-electron chi connectivity index (χ1n) is 13.6. The molecule has 4 N–H and O–H groups in total. The van der Waals surface area contributed by atoms with Crippen LogP contribution in [-0.2, 0) is 14.8 Å². The lowest BCUT2D eigenvalue weighted by molar-refractivity contribution is -0.895. The molecular weight excluding hydrogens is 558 g/mol. The Labute approximate surface area is 245 Å². The van der Waals surface area contributed by atoms with Gasteiger partial charge in [-0.05, 0) is 61.7 Å². The molecule has 0 spiro atoms. The zero-order chi connectivity index (χ0) is 30.0. The number of anilines is 1. The number of likely N-dealkylation sites (N-methyl/N-ethyl adjacent to an activating group) is 1. The summed E-state index contributed by atoms with van der Waals surface area (Å²) in [4.78, 5) is 18.5. The molecule has 0 fully saturated rings. The second-order valence-electron chi connectivity index (χ2n) is 9.64. The van der Waals surface area contributed by atoms with E-state index in [2.05, 4.69) is 25.7 Å². The van der Waals surface area contributed by atoms with E-state index in [1.54, 1.807) is 29.0 Å².